The summed E-state index contributed by atoms with van der Waals surface area (Å²) in [6, 6.07) is 12.6. The SMILES string of the molecule is CCCOc1cccc(C(Br)Cc2cccs2)c1. The third kappa shape index (κ3) is 3.85. The van der Waals surface area contributed by atoms with Crippen molar-refractivity contribution in [3.05, 3.63) is 52.2 Å². The summed E-state index contributed by atoms with van der Waals surface area (Å²) in [6.07, 6.45) is 2.06. The molecule has 2 rings (SSSR count). The van der Waals surface area contributed by atoms with Crippen molar-refractivity contribution < 1.29 is 4.74 Å². The molecule has 1 unspecified atom stereocenters. The second kappa shape index (κ2) is 6.95. The first-order chi connectivity index (χ1) is 8.79. The quantitative estimate of drug-likeness (QED) is 0.662. The predicted molar refractivity (Wildman–Crippen MR) is 81.9 cm³/mol. The molecule has 18 heavy (non-hydrogen) atoms. The second-order valence-corrected chi connectivity index (χ2v) is 6.31. The van der Waals surface area contributed by atoms with E-state index < -0.39 is 0 Å². The van der Waals surface area contributed by atoms with E-state index in [2.05, 4.69) is 58.6 Å². The number of ether oxygens (including phenoxy) is 1. The van der Waals surface area contributed by atoms with E-state index in [4.69, 9.17) is 4.74 Å². The van der Waals surface area contributed by atoms with Crippen molar-refractivity contribution in [1.82, 2.24) is 0 Å². The Balaban J connectivity index is 2.03. The van der Waals surface area contributed by atoms with Crippen molar-refractivity contribution in [3.63, 3.8) is 0 Å². The lowest BCUT2D eigenvalue weighted by Gasteiger charge is -2.11. The van der Waals surface area contributed by atoms with E-state index >= 15 is 0 Å². The molecule has 3 heteroatoms. The lowest BCUT2D eigenvalue weighted by molar-refractivity contribution is 0.317. The van der Waals surface area contributed by atoms with Crippen LogP contribution in [0.5, 0.6) is 5.75 Å². The first kappa shape index (κ1) is 13.6. The molecule has 0 amide bonds. The summed E-state index contributed by atoms with van der Waals surface area (Å²) in [6.45, 7) is 2.90. The van der Waals surface area contributed by atoms with Gasteiger partial charge < -0.3 is 4.74 Å². The number of benzene rings is 1. The molecule has 0 aliphatic carbocycles. The highest BCUT2D eigenvalue weighted by molar-refractivity contribution is 9.09. The molecule has 0 aliphatic heterocycles. The summed E-state index contributed by atoms with van der Waals surface area (Å²) in [5, 5.41) is 2.12. The van der Waals surface area contributed by atoms with Crippen molar-refractivity contribution in [2.45, 2.75) is 24.6 Å². The van der Waals surface area contributed by atoms with E-state index in [9.17, 15) is 0 Å². The van der Waals surface area contributed by atoms with Gasteiger partial charge in [0.15, 0.2) is 0 Å². The summed E-state index contributed by atoms with van der Waals surface area (Å²) in [5.74, 6) is 0.963. The Morgan fingerprint density at radius 1 is 1.28 bits per heavy atom. The van der Waals surface area contributed by atoms with Crippen LogP contribution in [-0.2, 0) is 6.42 Å². The molecule has 1 atom stereocenters. The minimum absolute atomic E-state index is 0.348. The summed E-state index contributed by atoms with van der Waals surface area (Å²) in [4.78, 5) is 1.75. The van der Waals surface area contributed by atoms with Crippen LogP contribution in [0, 0.1) is 0 Å². The zero-order valence-electron chi connectivity index (χ0n) is 10.4. The van der Waals surface area contributed by atoms with Crippen molar-refractivity contribution in [1.29, 1.82) is 0 Å². The average molecular weight is 325 g/mol. The van der Waals surface area contributed by atoms with Gasteiger partial charge in [-0.25, -0.2) is 0 Å². The molecular formula is C15H17BrOS. The molecule has 0 fully saturated rings. The predicted octanol–water partition coefficient (Wildman–Crippen LogP) is 5.22. The fourth-order valence-electron chi connectivity index (χ4n) is 1.74. The van der Waals surface area contributed by atoms with E-state index in [1.807, 2.05) is 6.07 Å². The molecule has 0 spiro atoms. The van der Waals surface area contributed by atoms with E-state index in [0.717, 1.165) is 25.2 Å². The maximum Gasteiger partial charge on any atom is 0.119 e. The standard InChI is InChI=1S/C15H17BrOS/c1-2-8-17-13-6-3-5-12(10-13)15(16)11-14-7-4-9-18-14/h3-7,9-10,15H,2,8,11H2,1H3. The van der Waals surface area contributed by atoms with Crippen molar-refractivity contribution in [3.8, 4) is 5.75 Å². The monoisotopic (exact) mass is 324 g/mol. The Morgan fingerprint density at radius 2 is 2.17 bits per heavy atom. The van der Waals surface area contributed by atoms with Crippen molar-refractivity contribution >= 4 is 27.3 Å². The lowest BCUT2D eigenvalue weighted by Crippen LogP contribution is -1.97. The van der Waals surface area contributed by atoms with Crippen LogP contribution in [0.3, 0.4) is 0 Å². The Labute approximate surface area is 121 Å². The summed E-state index contributed by atoms with van der Waals surface area (Å²) in [7, 11) is 0. The van der Waals surface area contributed by atoms with Crippen LogP contribution in [0.15, 0.2) is 41.8 Å². The number of thiophene rings is 1. The van der Waals surface area contributed by atoms with Gasteiger partial charge in [-0.1, -0.05) is 41.1 Å². The van der Waals surface area contributed by atoms with Gasteiger partial charge in [-0.2, -0.15) is 0 Å². The minimum atomic E-state index is 0.348. The molecule has 0 bridgehead atoms. The van der Waals surface area contributed by atoms with Gasteiger partial charge in [-0.3, -0.25) is 0 Å². The molecule has 1 heterocycles. The minimum Gasteiger partial charge on any atom is -0.494 e. The van der Waals surface area contributed by atoms with E-state index in [-0.39, 0.29) is 0 Å². The lowest BCUT2D eigenvalue weighted by atomic mass is 10.1. The molecule has 2 aromatic rings. The third-order valence-corrected chi connectivity index (χ3v) is 4.40. The number of halogens is 1. The van der Waals surface area contributed by atoms with Gasteiger partial charge in [-0.15, -0.1) is 11.3 Å². The van der Waals surface area contributed by atoms with Crippen LogP contribution in [0.2, 0.25) is 0 Å². The summed E-state index contributed by atoms with van der Waals surface area (Å²) < 4.78 is 5.66. The zero-order chi connectivity index (χ0) is 12.8. The summed E-state index contributed by atoms with van der Waals surface area (Å²) >= 11 is 5.56. The van der Waals surface area contributed by atoms with Gasteiger partial charge in [0.1, 0.15) is 5.75 Å². The van der Waals surface area contributed by atoms with Crippen LogP contribution in [-0.4, -0.2) is 6.61 Å². The topological polar surface area (TPSA) is 9.23 Å². The molecule has 1 aromatic heterocycles. The fraction of sp³-hybridized carbons (Fsp3) is 0.333. The molecule has 0 radical (unpaired) electrons. The van der Waals surface area contributed by atoms with Gasteiger partial charge in [0.2, 0.25) is 0 Å². The molecular weight excluding hydrogens is 308 g/mol. The molecule has 96 valence electrons. The van der Waals surface area contributed by atoms with Crippen molar-refractivity contribution in [2.75, 3.05) is 6.61 Å². The highest BCUT2D eigenvalue weighted by Gasteiger charge is 2.10. The molecule has 1 nitrogen and oxygen atoms in total. The fourth-order valence-corrected chi connectivity index (χ4v) is 3.34. The number of alkyl halides is 1. The number of hydrogen-bond acceptors (Lipinski definition) is 2. The average Bonchev–Trinajstić information content (AvgIpc) is 2.89. The zero-order valence-corrected chi connectivity index (χ0v) is 12.8. The van der Waals surface area contributed by atoms with E-state index in [1.54, 1.807) is 11.3 Å². The maximum atomic E-state index is 5.66. The largest absolute Gasteiger partial charge is 0.494 e. The number of hydrogen-bond donors (Lipinski definition) is 0. The van der Waals surface area contributed by atoms with Crippen molar-refractivity contribution in [2.24, 2.45) is 0 Å². The third-order valence-electron chi connectivity index (χ3n) is 2.65. The van der Waals surface area contributed by atoms with E-state index in [0.29, 0.717) is 4.83 Å². The van der Waals surface area contributed by atoms with Crippen LogP contribution < -0.4 is 4.74 Å². The van der Waals surface area contributed by atoms with Gasteiger partial charge in [0.05, 0.1) is 6.61 Å². The normalized spacial score (nSPS) is 12.3. The Bertz CT molecular complexity index is 467. The molecule has 0 N–H and O–H groups in total. The van der Waals surface area contributed by atoms with Crippen LogP contribution in [0.4, 0.5) is 0 Å². The van der Waals surface area contributed by atoms with E-state index in [1.165, 1.54) is 10.4 Å². The maximum absolute atomic E-state index is 5.66. The molecule has 1 aromatic carbocycles. The highest BCUT2D eigenvalue weighted by Crippen LogP contribution is 2.30. The Kier molecular flexibility index (Phi) is 5.26. The van der Waals surface area contributed by atoms with Gasteiger partial charge in [0, 0.05) is 9.70 Å². The molecule has 0 aliphatic rings. The smallest absolute Gasteiger partial charge is 0.119 e. The van der Waals surface area contributed by atoms with Gasteiger partial charge in [0.25, 0.3) is 0 Å². The van der Waals surface area contributed by atoms with Gasteiger partial charge in [-0.05, 0) is 42.0 Å². The molecule has 0 saturated heterocycles. The number of rotatable bonds is 6. The summed E-state index contributed by atoms with van der Waals surface area (Å²) in [5.41, 5.74) is 1.28. The first-order valence-corrected chi connectivity index (χ1v) is 7.98. The Hall–Kier alpha value is -0.800. The van der Waals surface area contributed by atoms with Gasteiger partial charge >= 0.3 is 0 Å². The first-order valence-electron chi connectivity index (χ1n) is 6.19. The highest BCUT2D eigenvalue weighted by atomic mass is 79.9. The van der Waals surface area contributed by atoms with Crippen LogP contribution in [0.1, 0.15) is 28.6 Å². The second-order valence-electron chi connectivity index (χ2n) is 4.17. The van der Waals surface area contributed by atoms with Crippen LogP contribution >= 0.6 is 27.3 Å². The Morgan fingerprint density at radius 3 is 2.89 bits per heavy atom. The molecule has 0 saturated carbocycles. The van der Waals surface area contributed by atoms with Crippen LogP contribution in [0.25, 0.3) is 0 Å².